The van der Waals surface area contributed by atoms with Crippen molar-refractivity contribution in [1.82, 2.24) is 4.98 Å². The summed E-state index contributed by atoms with van der Waals surface area (Å²) < 4.78 is 0. The maximum Gasteiger partial charge on any atom is 0.0627 e. The molecule has 0 aliphatic carbocycles. The van der Waals surface area contributed by atoms with Crippen LogP contribution >= 0.6 is 0 Å². The summed E-state index contributed by atoms with van der Waals surface area (Å²) in [6, 6.07) is 3.66. The molecule has 1 rings (SSSR count). The fraction of sp³-hybridized carbons (Fsp3) is 0.100. The molecule has 0 amide bonds. The van der Waals surface area contributed by atoms with Gasteiger partial charge in [-0.25, -0.2) is 0 Å². The van der Waals surface area contributed by atoms with Crippen molar-refractivity contribution in [3.8, 4) is 0 Å². The molecule has 2 N–H and O–H groups in total. The SMILES string of the molecule is C=Cc1cc([C@H](N)C=C)ccn1. The summed E-state index contributed by atoms with van der Waals surface area (Å²) in [6.45, 7) is 7.25. The van der Waals surface area contributed by atoms with Crippen LogP contribution in [0, 0.1) is 0 Å². The molecular formula is C10H12N2. The number of hydrogen-bond acceptors (Lipinski definition) is 2. The van der Waals surface area contributed by atoms with Crippen LogP contribution in [0.1, 0.15) is 17.3 Å². The number of nitrogens with zero attached hydrogens (tertiary/aromatic N) is 1. The second-order valence-electron chi connectivity index (χ2n) is 2.48. The molecule has 0 saturated heterocycles. The Balaban J connectivity index is 3.00. The molecular weight excluding hydrogens is 148 g/mol. The number of pyridine rings is 1. The maximum absolute atomic E-state index is 5.74. The van der Waals surface area contributed by atoms with E-state index in [2.05, 4.69) is 18.1 Å². The molecule has 1 atom stereocenters. The van der Waals surface area contributed by atoms with E-state index in [1.807, 2.05) is 12.1 Å². The first-order valence-electron chi connectivity index (χ1n) is 3.74. The van der Waals surface area contributed by atoms with Crippen molar-refractivity contribution in [1.29, 1.82) is 0 Å². The van der Waals surface area contributed by atoms with Crippen LogP contribution in [0.2, 0.25) is 0 Å². The normalized spacial score (nSPS) is 12.1. The van der Waals surface area contributed by atoms with Gasteiger partial charge in [0.2, 0.25) is 0 Å². The second kappa shape index (κ2) is 3.83. The zero-order valence-electron chi connectivity index (χ0n) is 6.90. The molecule has 0 aliphatic rings. The Kier molecular flexibility index (Phi) is 2.77. The predicted octanol–water partition coefficient (Wildman–Crippen LogP) is 1.91. The zero-order valence-corrected chi connectivity index (χ0v) is 6.90. The van der Waals surface area contributed by atoms with Crippen LogP contribution < -0.4 is 5.73 Å². The summed E-state index contributed by atoms with van der Waals surface area (Å²) in [5.41, 5.74) is 7.58. The molecule has 0 unspecified atom stereocenters. The third-order valence-electron chi connectivity index (χ3n) is 1.65. The molecule has 0 fully saturated rings. The van der Waals surface area contributed by atoms with Gasteiger partial charge in [0.1, 0.15) is 0 Å². The highest BCUT2D eigenvalue weighted by atomic mass is 14.7. The highest BCUT2D eigenvalue weighted by Gasteiger charge is 2.00. The van der Waals surface area contributed by atoms with E-state index >= 15 is 0 Å². The molecule has 0 spiro atoms. The van der Waals surface area contributed by atoms with Crippen molar-refractivity contribution < 1.29 is 0 Å². The van der Waals surface area contributed by atoms with Crippen molar-refractivity contribution in [2.75, 3.05) is 0 Å². The summed E-state index contributed by atoms with van der Waals surface area (Å²) in [5, 5.41) is 0. The minimum atomic E-state index is -0.119. The van der Waals surface area contributed by atoms with E-state index in [4.69, 9.17) is 5.73 Å². The fourth-order valence-electron chi connectivity index (χ4n) is 0.921. The summed E-state index contributed by atoms with van der Waals surface area (Å²) >= 11 is 0. The number of hydrogen-bond donors (Lipinski definition) is 1. The van der Waals surface area contributed by atoms with E-state index in [0.29, 0.717) is 0 Å². The summed E-state index contributed by atoms with van der Waals surface area (Å²) in [6.07, 6.45) is 5.11. The first-order valence-corrected chi connectivity index (χ1v) is 3.74. The minimum absolute atomic E-state index is 0.119. The lowest BCUT2D eigenvalue weighted by Gasteiger charge is -2.05. The van der Waals surface area contributed by atoms with Gasteiger partial charge in [-0.2, -0.15) is 0 Å². The van der Waals surface area contributed by atoms with Crippen LogP contribution in [0.4, 0.5) is 0 Å². The van der Waals surface area contributed by atoms with Gasteiger partial charge in [0.25, 0.3) is 0 Å². The molecule has 62 valence electrons. The Morgan fingerprint density at radius 3 is 2.83 bits per heavy atom. The van der Waals surface area contributed by atoms with Gasteiger partial charge in [-0.3, -0.25) is 4.98 Å². The molecule has 2 nitrogen and oxygen atoms in total. The first-order chi connectivity index (χ1) is 5.77. The summed E-state index contributed by atoms with van der Waals surface area (Å²) in [7, 11) is 0. The fourth-order valence-corrected chi connectivity index (χ4v) is 0.921. The molecule has 0 saturated carbocycles. The van der Waals surface area contributed by atoms with E-state index in [9.17, 15) is 0 Å². The van der Waals surface area contributed by atoms with Crippen LogP contribution in [0.15, 0.2) is 37.6 Å². The van der Waals surface area contributed by atoms with Gasteiger partial charge >= 0.3 is 0 Å². The molecule has 0 bridgehead atoms. The second-order valence-corrected chi connectivity index (χ2v) is 2.48. The van der Waals surface area contributed by atoms with Crippen LogP contribution in [-0.4, -0.2) is 4.98 Å². The Labute approximate surface area is 72.4 Å². The van der Waals surface area contributed by atoms with Gasteiger partial charge in [-0.15, -0.1) is 6.58 Å². The third kappa shape index (κ3) is 1.80. The summed E-state index contributed by atoms with van der Waals surface area (Å²) in [4.78, 5) is 4.07. The van der Waals surface area contributed by atoms with Gasteiger partial charge in [-0.1, -0.05) is 12.7 Å². The average molecular weight is 160 g/mol. The standard InChI is InChI=1S/C10H12N2/c1-3-9-7-8(5-6-12-9)10(11)4-2/h3-7,10H,1-2,11H2/t10-/m1/s1. The van der Waals surface area contributed by atoms with E-state index in [0.717, 1.165) is 11.3 Å². The van der Waals surface area contributed by atoms with Crippen molar-refractivity contribution in [2.24, 2.45) is 5.73 Å². The first kappa shape index (κ1) is 8.68. The lowest BCUT2D eigenvalue weighted by molar-refractivity contribution is 0.908. The molecule has 1 aromatic rings. The zero-order chi connectivity index (χ0) is 8.97. The van der Waals surface area contributed by atoms with Gasteiger partial charge in [0.05, 0.1) is 5.69 Å². The number of rotatable bonds is 3. The van der Waals surface area contributed by atoms with E-state index in [1.165, 1.54) is 0 Å². The van der Waals surface area contributed by atoms with Crippen molar-refractivity contribution >= 4 is 6.08 Å². The largest absolute Gasteiger partial charge is 0.321 e. The Morgan fingerprint density at radius 2 is 2.25 bits per heavy atom. The quantitative estimate of drug-likeness (QED) is 0.686. The third-order valence-corrected chi connectivity index (χ3v) is 1.65. The molecule has 0 aromatic carbocycles. The molecule has 1 heterocycles. The molecule has 1 aromatic heterocycles. The predicted molar refractivity (Wildman–Crippen MR) is 51.5 cm³/mol. The van der Waals surface area contributed by atoms with Crippen molar-refractivity contribution in [2.45, 2.75) is 6.04 Å². The highest BCUT2D eigenvalue weighted by Crippen LogP contribution is 2.11. The van der Waals surface area contributed by atoms with Crippen molar-refractivity contribution in [3.63, 3.8) is 0 Å². The number of aromatic nitrogens is 1. The smallest absolute Gasteiger partial charge is 0.0627 e. The number of nitrogens with two attached hydrogens (primary N) is 1. The van der Waals surface area contributed by atoms with Gasteiger partial charge < -0.3 is 5.73 Å². The molecule has 2 heteroatoms. The van der Waals surface area contributed by atoms with E-state index < -0.39 is 0 Å². The average Bonchev–Trinajstić information content (AvgIpc) is 2.17. The van der Waals surface area contributed by atoms with Crippen LogP contribution in [-0.2, 0) is 0 Å². The molecule has 0 aliphatic heterocycles. The van der Waals surface area contributed by atoms with Crippen LogP contribution in [0.5, 0.6) is 0 Å². The van der Waals surface area contributed by atoms with Crippen LogP contribution in [0.3, 0.4) is 0 Å². The minimum Gasteiger partial charge on any atom is -0.321 e. The summed E-state index contributed by atoms with van der Waals surface area (Å²) in [5.74, 6) is 0. The Morgan fingerprint density at radius 1 is 1.50 bits per heavy atom. The Bertz CT molecular complexity index is 292. The lowest BCUT2D eigenvalue weighted by atomic mass is 10.1. The maximum atomic E-state index is 5.74. The van der Waals surface area contributed by atoms with E-state index in [-0.39, 0.29) is 6.04 Å². The van der Waals surface area contributed by atoms with Gasteiger partial charge in [0, 0.05) is 12.2 Å². The molecule has 0 radical (unpaired) electrons. The van der Waals surface area contributed by atoms with Crippen molar-refractivity contribution in [3.05, 3.63) is 48.8 Å². The topological polar surface area (TPSA) is 38.9 Å². The highest BCUT2D eigenvalue weighted by molar-refractivity contribution is 5.43. The van der Waals surface area contributed by atoms with E-state index in [1.54, 1.807) is 18.3 Å². The molecule has 12 heavy (non-hydrogen) atoms. The Hall–Kier alpha value is -1.41. The van der Waals surface area contributed by atoms with Gasteiger partial charge in [0.15, 0.2) is 0 Å². The van der Waals surface area contributed by atoms with Crippen LogP contribution in [0.25, 0.3) is 6.08 Å². The lowest BCUT2D eigenvalue weighted by Crippen LogP contribution is -2.06. The monoisotopic (exact) mass is 160 g/mol. The van der Waals surface area contributed by atoms with Gasteiger partial charge in [-0.05, 0) is 23.8 Å².